The summed E-state index contributed by atoms with van der Waals surface area (Å²) in [6, 6.07) is 21.9. The number of rotatable bonds is 3. The van der Waals surface area contributed by atoms with Crippen LogP contribution in [-0.4, -0.2) is 41.8 Å². The van der Waals surface area contributed by atoms with E-state index < -0.39 is 0 Å². The molecular weight excluding hydrogens is 334 g/mol. The molecule has 0 radical (unpaired) electrons. The SMILES string of the molecule is C/C(=N/N1CCN(C2c3ccccc3-c3ccccc32)CC1)c1ccco1. The lowest BCUT2D eigenvalue weighted by Crippen LogP contribution is -2.45. The number of piperazine rings is 1. The van der Waals surface area contributed by atoms with Crippen LogP contribution in [0.3, 0.4) is 0 Å². The van der Waals surface area contributed by atoms with E-state index >= 15 is 0 Å². The first kappa shape index (κ1) is 16.3. The summed E-state index contributed by atoms with van der Waals surface area (Å²) in [6.07, 6.45) is 1.70. The van der Waals surface area contributed by atoms with Gasteiger partial charge >= 0.3 is 0 Å². The van der Waals surface area contributed by atoms with Gasteiger partial charge in [-0.1, -0.05) is 48.5 Å². The van der Waals surface area contributed by atoms with Gasteiger partial charge in [-0.25, -0.2) is 0 Å². The molecule has 1 saturated heterocycles. The van der Waals surface area contributed by atoms with Crippen molar-refractivity contribution in [1.29, 1.82) is 0 Å². The summed E-state index contributed by atoms with van der Waals surface area (Å²) in [5.41, 5.74) is 6.56. The molecule has 2 aliphatic rings. The van der Waals surface area contributed by atoms with Crippen molar-refractivity contribution in [2.75, 3.05) is 26.2 Å². The highest BCUT2D eigenvalue weighted by Gasteiger charge is 2.33. The van der Waals surface area contributed by atoms with Gasteiger partial charge in [0, 0.05) is 26.2 Å². The summed E-state index contributed by atoms with van der Waals surface area (Å²) >= 11 is 0. The Kier molecular flexibility index (Phi) is 4.06. The lowest BCUT2D eigenvalue weighted by molar-refractivity contribution is 0.113. The predicted octanol–water partition coefficient (Wildman–Crippen LogP) is 4.39. The molecule has 2 aromatic carbocycles. The minimum absolute atomic E-state index is 0.356. The van der Waals surface area contributed by atoms with Gasteiger partial charge in [-0.15, -0.1) is 0 Å². The van der Waals surface area contributed by atoms with E-state index in [0.29, 0.717) is 6.04 Å². The molecule has 3 aromatic rings. The van der Waals surface area contributed by atoms with E-state index in [1.807, 2.05) is 19.1 Å². The van der Waals surface area contributed by atoms with Crippen LogP contribution in [0.4, 0.5) is 0 Å². The molecule has 1 aromatic heterocycles. The van der Waals surface area contributed by atoms with E-state index in [1.165, 1.54) is 22.3 Å². The molecule has 0 saturated carbocycles. The van der Waals surface area contributed by atoms with Gasteiger partial charge in [0.05, 0.1) is 18.0 Å². The summed E-state index contributed by atoms with van der Waals surface area (Å²) in [6.45, 7) is 5.87. The van der Waals surface area contributed by atoms with Crippen LogP contribution in [-0.2, 0) is 0 Å². The van der Waals surface area contributed by atoms with E-state index in [9.17, 15) is 0 Å². The second kappa shape index (κ2) is 6.71. The third kappa shape index (κ3) is 2.86. The average Bonchev–Trinajstić information content (AvgIpc) is 3.35. The Morgan fingerprint density at radius 2 is 1.48 bits per heavy atom. The number of furan rings is 1. The molecule has 0 N–H and O–H groups in total. The third-order valence-corrected chi connectivity index (χ3v) is 5.63. The second-order valence-electron chi connectivity index (χ2n) is 7.23. The first-order chi connectivity index (χ1) is 13.3. The highest BCUT2D eigenvalue weighted by atomic mass is 16.3. The van der Waals surface area contributed by atoms with Gasteiger partial charge in [0.2, 0.25) is 0 Å². The molecule has 5 rings (SSSR count). The van der Waals surface area contributed by atoms with Crippen LogP contribution in [0.5, 0.6) is 0 Å². The Morgan fingerprint density at radius 3 is 2.07 bits per heavy atom. The highest BCUT2D eigenvalue weighted by Crippen LogP contribution is 2.46. The summed E-state index contributed by atoms with van der Waals surface area (Å²) in [5.74, 6) is 0.844. The van der Waals surface area contributed by atoms with Crippen LogP contribution in [0.15, 0.2) is 76.4 Å². The zero-order valence-electron chi connectivity index (χ0n) is 15.5. The lowest BCUT2D eigenvalue weighted by Gasteiger charge is -2.37. The molecule has 0 atom stereocenters. The molecule has 0 amide bonds. The highest BCUT2D eigenvalue weighted by molar-refractivity contribution is 5.95. The number of hydrogen-bond donors (Lipinski definition) is 0. The maximum atomic E-state index is 5.45. The summed E-state index contributed by atoms with van der Waals surface area (Å²) in [4.78, 5) is 2.60. The maximum Gasteiger partial charge on any atom is 0.149 e. The van der Waals surface area contributed by atoms with Crippen molar-refractivity contribution in [3.05, 3.63) is 83.8 Å². The van der Waals surface area contributed by atoms with Crippen LogP contribution in [0, 0.1) is 0 Å². The number of hydrazone groups is 1. The number of benzene rings is 2. The fraction of sp³-hybridized carbons (Fsp3) is 0.261. The first-order valence-electron chi connectivity index (χ1n) is 9.57. The Morgan fingerprint density at radius 1 is 0.852 bits per heavy atom. The topological polar surface area (TPSA) is 32.0 Å². The van der Waals surface area contributed by atoms with Gasteiger partial charge < -0.3 is 4.42 Å². The summed E-state index contributed by atoms with van der Waals surface area (Å²) in [5, 5.41) is 6.93. The Labute approximate surface area is 159 Å². The van der Waals surface area contributed by atoms with Crippen molar-refractivity contribution in [1.82, 2.24) is 9.91 Å². The van der Waals surface area contributed by atoms with E-state index in [1.54, 1.807) is 6.26 Å². The Bertz CT molecular complexity index is 923. The fourth-order valence-corrected chi connectivity index (χ4v) is 4.34. The number of hydrogen-bond acceptors (Lipinski definition) is 4. The largest absolute Gasteiger partial charge is 0.463 e. The second-order valence-corrected chi connectivity index (χ2v) is 7.23. The van der Waals surface area contributed by atoms with Crippen LogP contribution in [0.1, 0.15) is 29.9 Å². The molecule has 2 heterocycles. The molecule has 1 fully saturated rings. The van der Waals surface area contributed by atoms with Crippen molar-refractivity contribution < 1.29 is 4.42 Å². The van der Waals surface area contributed by atoms with Gasteiger partial charge in [-0.3, -0.25) is 9.91 Å². The molecule has 0 unspecified atom stereocenters. The standard InChI is InChI=1S/C23H23N3O/c1-17(22-11-6-16-27-22)24-26-14-12-25(13-15-26)23-20-9-4-2-7-18(20)19-8-3-5-10-21(19)23/h2-11,16,23H,12-15H2,1H3/b24-17-. The zero-order chi connectivity index (χ0) is 18.2. The monoisotopic (exact) mass is 357 g/mol. The van der Waals surface area contributed by atoms with E-state index in [0.717, 1.165) is 37.7 Å². The van der Waals surface area contributed by atoms with Gasteiger partial charge in [0.15, 0.2) is 0 Å². The molecule has 136 valence electrons. The molecular formula is C23H23N3O. The Hall–Kier alpha value is -2.85. The van der Waals surface area contributed by atoms with E-state index in [4.69, 9.17) is 9.52 Å². The molecule has 4 nitrogen and oxygen atoms in total. The van der Waals surface area contributed by atoms with Gasteiger partial charge in [-0.05, 0) is 41.3 Å². The lowest BCUT2D eigenvalue weighted by atomic mass is 10.0. The Balaban J connectivity index is 1.36. The minimum atomic E-state index is 0.356. The number of fused-ring (bicyclic) bond motifs is 3. The molecule has 1 aliphatic carbocycles. The van der Waals surface area contributed by atoms with Crippen LogP contribution in [0.25, 0.3) is 11.1 Å². The molecule has 27 heavy (non-hydrogen) atoms. The van der Waals surface area contributed by atoms with Gasteiger partial charge in [-0.2, -0.15) is 5.10 Å². The molecule has 0 spiro atoms. The van der Waals surface area contributed by atoms with Crippen LogP contribution in [0.2, 0.25) is 0 Å². The van der Waals surface area contributed by atoms with Crippen molar-refractivity contribution in [3.63, 3.8) is 0 Å². The minimum Gasteiger partial charge on any atom is -0.463 e. The van der Waals surface area contributed by atoms with Crippen molar-refractivity contribution in [2.24, 2.45) is 5.10 Å². The van der Waals surface area contributed by atoms with Crippen LogP contribution >= 0.6 is 0 Å². The smallest absolute Gasteiger partial charge is 0.149 e. The summed E-state index contributed by atoms with van der Waals surface area (Å²) in [7, 11) is 0. The van der Waals surface area contributed by atoms with Crippen molar-refractivity contribution in [2.45, 2.75) is 13.0 Å². The van der Waals surface area contributed by atoms with E-state index in [2.05, 4.69) is 58.4 Å². The van der Waals surface area contributed by atoms with Crippen molar-refractivity contribution in [3.8, 4) is 11.1 Å². The maximum absolute atomic E-state index is 5.45. The third-order valence-electron chi connectivity index (χ3n) is 5.63. The predicted molar refractivity (Wildman–Crippen MR) is 108 cm³/mol. The fourth-order valence-electron chi connectivity index (χ4n) is 4.34. The number of nitrogens with zero attached hydrogens (tertiary/aromatic N) is 3. The molecule has 0 bridgehead atoms. The quantitative estimate of drug-likeness (QED) is 0.652. The molecule has 4 heteroatoms. The van der Waals surface area contributed by atoms with Crippen molar-refractivity contribution >= 4 is 5.71 Å². The summed E-state index contributed by atoms with van der Waals surface area (Å²) < 4.78 is 5.45. The van der Waals surface area contributed by atoms with E-state index in [-0.39, 0.29) is 0 Å². The normalized spacial score (nSPS) is 17.8. The van der Waals surface area contributed by atoms with Gasteiger partial charge in [0.1, 0.15) is 5.76 Å². The van der Waals surface area contributed by atoms with Crippen LogP contribution < -0.4 is 0 Å². The molecule has 1 aliphatic heterocycles. The average molecular weight is 357 g/mol. The van der Waals surface area contributed by atoms with Gasteiger partial charge in [0.25, 0.3) is 0 Å². The zero-order valence-corrected chi connectivity index (χ0v) is 15.5. The first-order valence-corrected chi connectivity index (χ1v) is 9.57.